The third kappa shape index (κ3) is 3.20. The minimum atomic E-state index is -1.41. The van der Waals surface area contributed by atoms with Crippen molar-refractivity contribution < 1.29 is 25.5 Å². The molecule has 0 unspecified atom stereocenters. The lowest BCUT2D eigenvalue weighted by Gasteiger charge is -2.48. The van der Waals surface area contributed by atoms with E-state index in [1.807, 2.05) is 25.2 Å². The average Bonchev–Trinajstić information content (AvgIpc) is 2.86. The van der Waals surface area contributed by atoms with Gasteiger partial charge in [-0.15, -0.1) is 0 Å². The van der Waals surface area contributed by atoms with Crippen LogP contribution in [0, 0.1) is 11.3 Å². The summed E-state index contributed by atoms with van der Waals surface area (Å²) < 4.78 is 0. The van der Waals surface area contributed by atoms with E-state index in [2.05, 4.69) is 6.92 Å². The second-order valence-electron chi connectivity index (χ2n) is 8.61. The van der Waals surface area contributed by atoms with Crippen molar-refractivity contribution >= 4 is 0 Å². The van der Waals surface area contributed by atoms with Crippen LogP contribution in [0.3, 0.4) is 0 Å². The number of hydrogen-bond donors (Lipinski definition) is 5. The van der Waals surface area contributed by atoms with Crippen molar-refractivity contribution in [3.8, 4) is 0 Å². The van der Waals surface area contributed by atoms with Crippen molar-refractivity contribution in [1.82, 2.24) is 0 Å². The highest BCUT2D eigenvalue weighted by Crippen LogP contribution is 2.59. The van der Waals surface area contributed by atoms with Crippen LogP contribution in [0.4, 0.5) is 0 Å². The van der Waals surface area contributed by atoms with E-state index < -0.39 is 29.8 Å². The summed E-state index contributed by atoms with van der Waals surface area (Å²) in [4.78, 5) is 0. The zero-order chi connectivity index (χ0) is 19.1. The van der Waals surface area contributed by atoms with Gasteiger partial charge in [-0.2, -0.15) is 0 Å². The van der Waals surface area contributed by atoms with E-state index in [0.29, 0.717) is 25.7 Å². The van der Waals surface area contributed by atoms with E-state index >= 15 is 0 Å². The molecule has 0 spiro atoms. The Labute approximate surface area is 155 Å². The fraction of sp³-hybridized carbons (Fsp3) is 0.714. The third-order valence-electron chi connectivity index (χ3n) is 7.05. The first-order valence-corrected chi connectivity index (χ1v) is 9.67. The normalized spacial score (nSPS) is 42.1. The Morgan fingerprint density at radius 3 is 2.69 bits per heavy atom. The predicted molar refractivity (Wildman–Crippen MR) is 99.3 cm³/mol. The molecule has 5 N–H and O–H groups in total. The first-order chi connectivity index (χ1) is 12.2. The average molecular weight is 364 g/mol. The highest BCUT2D eigenvalue weighted by molar-refractivity contribution is 5.38. The van der Waals surface area contributed by atoms with Crippen molar-refractivity contribution in [2.45, 2.75) is 76.3 Å². The van der Waals surface area contributed by atoms with Gasteiger partial charge in [0, 0.05) is 5.41 Å². The molecule has 0 amide bonds. The lowest BCUT2D eigenvalue weighted by atomic mass is 9.61. The van der Waals surface area contributed by atoms with Gasteiger partial charge in [0.25, 0.3) is 0 Å². The second-order valence-corrected chi connectivity index (χ2v) is 8.61. The fourth-order valence-electron chi connectivity index (χ4n) is 5.31. The topological polar surface area (TPSA) is 101 Å². The van der Waals surface area contributed by atoms with Crippen LogP contribution in [0.15, 0.2) is 34.9 Å². The molecule has 6 atom stereocenters. The smallest absolute Gasteiger partial charge is 0.106 e. The molecule has 3 aliphatic rings. The van der Waals surface area contributed by atoms with Gasteiger partial charge in [0.1, 0.15) is 6.10 Å². The summed E-state index contributed by atoms with van der Waals surface area (Å²) in [6, 6.07) is 0. The van der Waals surface area contributed by atoms with Gasteiger partial charge in [-0.1, -0.05) is 30.7 Å². The van der Waals surface area contributed by atoms with E-state index in [0.717, 1.165) is 24.0 Å². The summed E-state index contributed by atoms with van der Waals surface area (Å²) in [5.41, 5.74) is 1.28. The molecule has 1 fully saturated rings. The molecule has 0 aromatic carbocycles. The van der Waals surface area contributed by atoms with Crippen LogP contribution < -0.4 is 0 Å². The summed E-state index contributed by atoms with van der Waals surface area (Å²) in [5, 5.41) is 51.1. The van der Waals surface area contributed by atoms with Gasteiger partial charge in [0.05, 0.1) is 24.4 Å². The summed E-state index contributed by atoms with van der Waals surface area (Å²) in [6.45, 7) is 3.50. The van der Waals surface area contributed by atoms with Crippen molar-refractivity contribution in [1.29, 1.82) is 0 Å². The first kappa shape index (κ1) is 19.8. The van der Waals surface area contributed by atoms with Crippen LogP contribution in [-0.4, -0.2) is 56.1 Å². The van der Waals surface area contributed by atoms with E-state index in [4.69, 9.17) is 0 Å². The molecule has 1 saturated carbocycles. The van der Waals surface area contributed by atoms with Crippen molar-refractivity contribution in [3.63, 3.8) is 0 Å². The Morgan fingerprint density at radius 1 is 1.27 bits per heavy atom. The SMILES string of the molecule is CC1=C(/C=C/C2=C[C@H](O)C[C@@]3(C)[C@H]2CC[C@]3(O)[C@H](O)CO)C[C@H](O)CC1. The molecule has 0 aliphatic heterocycles. The van der Waals surface area contributed by atoms with Crippen LogP contribution in [0.25, 0.3) is 0 Å². The largest absolute Gasteiger partial charge is 0.394 e. The standard InChI is InChI=1S/C21H32O5/c1-13-3-6-16(23)9-14(13)4-5-15-10-17(24)11-20(2)18(15)7-8-21(20,26)19(25)12-22/h4-5,10,16-19,22-26H,3,6-9,11-12H2,1-2H3/b5-4+/t16-,17+,18+,19-,20+,21+/m1/s1. The molecule has 0 heterocycles. The molecule has 0 bridgehead atoms. The molecule has 26 heavy (non-hydrogen) atoms. The zero-order valence-corrected chi connectivity index (χ0v) is 15.7. The van der Waals surface area contributed by atoms with Crippen molar-refractivity contribution in [2.75, 3.05) is 6.61 Å². The van der Waals surface area contributed by atoms with Crippen LogP contribution in [0.1, 0.15) is 52.4 Å². The number of hydrogen-bond acceptors (Lipinski definition) is 5. The lowest BCUT2D eigenvalue weighted by Crippen LogP contribution is -2.56. The monoisotopic (exact) mass is 364 g/mol. The van der Waals surface area contributed by atoms with Gasteiger partial charge >= 0.3 is 0 Å². The summed E-state index contributed by atoms with van der Waals surface area (Å²) in [7, 11) is 0. The highest BCUT2D eigenvalue weighted by atomic mass is 16.4. The molecule has 146 valence electrons. The number of aliphatic hydroxyl groups is 5. The van der Waals surface area contributed by atoms with E-state index in [1.165, 1.54) is 5.57 Å². The number of aliphatic hydroxyl groups excluding tert-OH is 4. The number of fused-ring (bicyclic) bond motifs is 1. The quantitative estimate of drug-likeness (QED) is 0.522. The minimum Gasteiger partial charge on any atom is -0.394 e. The first-order valence-electron chi connectivity index (χ1n) is 9.67. The maximum atomic E-state index is 11.1. The maximum Gasteiger partial charge on any atom is 0.106 e. The van der Waals surface area contributed by atoms with Gasteiger partial charge in [-0.05, 0) is 62.5 Å². The molecule has 5 nitrogen and oxygen atoms in total. The molecule has 3 rings (SSSR count). The molecule has 0 saturated heterocycles. The molecule has 3 aliphatic carbocycles. The Balaban J connectivity index is 1.89. The molecule has 5 heteroatoms. The van der Waals surface area contributed by atoms with Crippen LogP contribution in [0.5, 0.6) is 0 Å². The summed E-state index contributed by atoms with van der Waals surface area (Å²) in [5.74, 6) is 0.0165. The maximum absolute atomic E-state index is 11.1. The fourth-order valence-corrected chi connectivity index (χ4v) is 5.31. The van der Waals surface area contributed by atoms with E-state index in [-0.39, 0.29) is 12.0 Å². The summed E-state index contributed by atoms with van der Waals surface area (Å²) >= 11 is 0. The Kier molecular flexibility index (Phi) is 5.48. The van der Waals surface area contributed by atoms with Crippen LogP contribution in [-0.2, 0) is 0 Å². The molecule has 0 aromatic rings. The Bertz CT molecular complexity index is 636. The van der Waals surface area contributed by atoms with Crippen molar-refractivity contribution in [3.05, 3.63) is 34.9 Å². The lowest BCUT2D eigenvalue weighted by molar-refractivity contribution is -0.165. The Hall–Kier alpha value is -0.980. The highest BCUT2D eigenvalue weighted by Gasteiger charge is 2.61. The molecule has 0 aromatic heterocycles. The van der Waals surface area contributed by atoms with Crippen molar-refractivity contribution in [2.24, 2.45) is 11.3 Å². The molecular formula is C21H32O5. The van der Waals surface area contributed by atoms with Gasteiger partial charge in [0.2, 0.25) is 0 Å². The van der Waals surface area contributed by atoms with E-state index in [9.17, 15) is 25.5 Å². The summed E-state index contributed by atoms with van der Waals surface area (Å²) in [6.07, 6.45) is 7.47. The zero-order valence-electron chi connectivity index (χ0n) is 15.7. The van der Waals surface area contributed by atoms with Gasteiger partial charge in [-0.3, -0.25) is 0 Å². The van der Waals surface area contributed by atoms with Gasteiger partial charge in [0.15, 0.2) is 0 Å². The molecular weight excluding hydrogens is 332 g/mol. The molecule has 0 radical (unpaired) electrons. The minimum absolute atomic E-state index is 0.0165. The van der Waals surface area contributed by atoms with E-state index in [1.54, 1.807) is 0 Å². The predicted octanol–water partition coefficient (Wildman–Crippen LogP) is 1.60. The van der Waals surface area contributed by atoms with Gasteiger partial charge < -0.3 is 25.5 Å². The second kappa shape index (κ2) is 7.21. The number of allylic oxidation sites excluding steroid dienone is 4. The van der Waals surface area contributed by atoms with Gasteiger partial charge in [-0.25, -0.2) is 0 Å². The third-order valence-corrected chi connectivity index (χ3v) is 7.05. The van der Waals surface area contributed by atoms with Crippen LogP contribution >= 0.6 is 0 Å². The Morgan fingerprint density at radius 2 is 2.00 bits per heavy atom. The number of rotatable bonds is 4. The van der Waals surface area contributed by atoms with Crippen LogP contribution in [0.2, 0.25) is 0 Å².